The van der Waals surface area contributed by atoms with E-state index in [9.17, 15) is 9.90 Å². The van der Waals surface area contributed by atoms with Crippen LogP contribution in [0, 0.1) is 11.3 Å². The molecule has 1 atom stereocenters. The van der Waals surface area contributed by atoms with Crippen molar-refractivity contribution in [1.29, 1.82) is 0 Å². The van der Waals surface area contributed by atoms with E-state index in [4.69, 9.17) is 0 Å². The van der Waals surface area contributed by atoms with E-state index in [1.807, 2.05) is 11.6 Å². The number of rotatable bonds is 7. The highest BCUT2D eigenvalue weighted by Crippen LogP contribution is 2.28. The standard InChI is InChI=1S/C13H23N3O2/c1-5-6-13(4,12(17)18)7-11-14-9-15-16(11)8-10(2)3/h9-10H,5-8H2,1-4H3,(H,17,18). The van der Waals surface area contributed by atoms with E-state index in [2.05, 4.69) is 23.9 Å². The minimum Gasteiger partial charge on any atom is -0.481 e. The second kappa shape index (κ2) is 5.98. The van der Waals surface area contributed by atoms with Crippen molar-refractivity contribution < 1.29 is 9.90 Å². The molecule has 0 fully saturated rings. The van der Waals surface area contributed by atoms with Crippen molar-refractivity contribution in [1.82, 2.24) is 14.8 Å². The van der Waals surface area contributed by atoms with Crippen LogP contribution in [-0.4, -0.2) is 25.8 Å². The fraction of sp³-hybridized carbons (Fsp3) is 0.769. The van der Waals surface area contributed by atoms with Gasteiger partial charge in [-0.1, -0.05) is 27.2 Å². The molecule has 1 heterocycles. The van der Waals surface area contributed by atoms with Gasteiger partial charge in [-0.15, -0.1) is 0 Å². The lowest BCUT2D eigenvalue weighted by Gasteiger charge is -2.24. The number of hydrogen-bond acceptors (Lipinski definition) is 3. The van der Waals surface area contributed by atoms with Crippen molar-refractivity contribution in [2.24, 2.45) is 11.3 Å². The van der Waals surface area contributed by atoms with Crippen LogP contribution in [0.15, 0.2) is 6.33 Å². The summed E-state index contributed by atoms with van der Waals surface area (Å²) in [6, 6.07) is 0. The van der Waals surface area contributed by atoms with Crippen LogP contribution in [0.2, 0.25) is 0 Å². The van der Waals surface area contributed by atoms with Gasteiger partial charge in [-0.25, -0.2) is 9.67 Å². The minimum atomic E-state index is -0.761. The first kappa shape index (κ1) is 14.7. The van der Waals surface area contributed by atoms with Gasteiger partial charge in [-0.2, -0.15) is 5.10 Å². The number of nitrogens with zero attached hydrogens (tertiary/aromatic N) is 3. The first-order chi connectivity index (χ1) is 8.39. The number of carboxylic acids is 1. The third kappa shape index (κ3) is 3.55. The van der Waals surface area contributed by atoms with Crippen molar-refractivity contribution in [3.05, 3.63) is 12.2 Å². The summed E-state index contributed by atoms with van der Waals surface area (Å²) in [7, 11) is 0. The van der Waals surface area contributed by atoms with Crippen LogP contribution in [0.5, 0.6) is 0 Å². The maximum absolute atomic E-state index is 11.4. The first-order valence-corrected chi connectivity index (χ1v) is 6.49. The molecule has 5 nitrogen and oxygen atoms in total. The highest BCUT2D eigenvalue weighted by molar-refractivity contribution is 5.74. The van der Waals surface area contributed by atoms with Gasteiger partial charge in [-0.05, 0) is 19.3 Å². The second-order valence-electron chi connectivity index (χ2n) is 5.54. The van der Waals surface area contributed by atoms with Gasteiger partial charge in [0.1, 0.15) is 12.2 Å². The summed E-state index contributed by atoms with van der Waals surface area (Å²) in [6.45, 7) is 8.77. The number of aliphatic carboxylic acids is 1. The second-order valence-corrected chi connectivity index (χ2v) is 5.54. The summed E-state index contributed by atoms with van der Waals surface area (Å²) < 4.78 is 1.82. The highest BCUT2D eigenvalue weighted by atomic mass is 16.4. The molecule has 1 unspecified atom stereocenters. The third-order valence-corrected chi connectivity index (χ3v) is 3.10. The number of hydrogen-bond donors (Lipinski definition) is 1. The van der Waals surface area contributed by atoms with E-state index in [1.54, 1.807) is 6.92 Å². The van der Waals surface area contributed by atoms with Crippen LogP contribution in [0.25, 0.3) is 0 Å². The quantitative estimate of drug-likeness (QED) is 0.810. The predicted octanol–water partition coefficient (Wildman–Crippen LogP) is 2.37. The summed E-state index contributed by atoms with van der Waals surface area (Å²) in [5, 5.41) is 13.6. The lowest BCUT2D eigenvalue weighted by Crippen LogP contribution is -2.31. The van der Waals surface area contributed by atoms with Crippen molar-refractivity contribution in [3.63, 3.8) is 0 Å². The molecule has 1 aromatic rings. The molecular weight excluding hydrogens is 230 g/mol. The molecule has 0 aliphatic rings. The van der Waals surface area contributed by atoms with Crippen LogP contribution < -0.4 is 0 Å². The smallest absolute Gasteiger partial charge is 0.309 e. The maximum atomic E-state index is 11.4. The van der Waals surface area contributed by atoms with Crippen LogP contribution in [0.1, 0.15) is 46.4 Å². The van der Waals surface area contributed by atoms with Gasteiger partial charge in [0.25, 0.3) is 0 Å². The van der Waals surface area contributed by atoms with E-state index in [-0.39, 0.29) is 0 Å². The normalized spacial score (nSPS) is 14.7. The van der Waals surface area contributed by atoms with Gasteiger partial charge < -0.3 is 5.11 Å². The number of carbonyl (C=O) groups is 1. The van der Waals surface area contributed by atoms with Crippen LogP contribution >= 0.6 is 0 Å². The highest BCUT2D eigenvalue weighted by Gasteiger charge is 2.34. The Morgan fingerprint density at radius 2 is 2.22 bits per heavy atom. The van der Waals surface area contributed by atoms with Gasteiger partial charge in [-0.3, -0.25) is 4.79 Å². The average molecular weight is 253 g/mol. The molecule has 0 saturated heterocycles. The molecule has 102 valence electrons. The summed E-state index contributed by atoms with van der Waals surface area (Å²) in [5.41, 5.74) is -0.753. The van der Waals surface area contributed by atoms with E-state index in [0.717, 1.165) is 18.8 Å². The summed E-state index contributed by atoms with van der Waals surface area (Å²) in [5.74, 6) is 0.471. The SMILES string of the molecule is CCCC(C)(Cc1ncnn1CC(C)C)C(=O)O. The van der Waals surface area contributed by atoms with Crippen molar-refractivity contribution >= 4 is 5.97 Å². The Kier molecular flexibility index (Phi) is 4.87. The Balaban J connectivity index is 2.88. The molecule has 1 rings (SSSR count). The molecule has 0 radical (unpaired) electrons. The van der Waals surface area contributed by atoms with Gasteiger partial charge in [0, 0.05) is 13.0 Å². The third-order valence-electron chi connectivity index (χ3n) is 3.10. The van der Waals surface area contributed by atoms with E-state index < -0.39 is 11.4 Å². The van der Waals surface area contributed by atoms with Crippen LogP contribution in [0.3, 0.4) is 0 Å². The topological polar surface area (TPSA) is 68.0 Å². The monoisotopic (exact) mass is 253 g/mol. The Hall–Kier alpha value is -1.39. The molecule has 0 saturated carbocycles. The molecule has 1 aromatic heterocycles. The van der Waals surface area contributed by atoms with Gasteiger partial charge in [0.2, 0.25) is 0 Å². The molecule has 5 heteroatoms. The summed E-state index contributed by atoms with van der Waals surface area (Å²) in [4.78, 5) is 15.6. The van der Waals surface area contributed by atoms with E-state index in [1.165, 1.54) is 6.33 Å². The molecule has 0 aliphatic heterocycles. The fourth-order valence-electron chi connectivity index (χ4n) is 2.10. The maximum Gasteiger partial charge on any atom is 0.309 e. The molecule has 1 N–H and O–H groups in total. The van der Waals surface area contributed by atoms with E-state index in [0.29, 0.717) is 18.8 Å². The molecule has 0 bridgehead atoms. The molecule has 0 aliphatic carbocycles. The summed E-state index contributed by atoms with van der Waals surface area (Å²) in [6.07, 6.45) is 3.44. The molecule has 18 heavy (non-hydrogen) atoms. The van der Waals surface area contributed by atoms with Gasteiger partial charge in [0.05, 0.1) is 5.41 Å². The zero-order valence-corrected chi connectivity index (χ0v) is 11.7. The van der Waals surface area contributed by atoms with E-state index >= 15 is 0 Å². The Bertz CT molecular complexity index is 401. The van der Waals surface area contributed by atoms with Crippen molar-refractivity contribution in [2.45, 2.75) is 53.5 Å². The molecular formula is C13H23N3O2. The Labute approximate surface area is 108 Å². The average Bonchev–Trinajstić information content (AvgIpc) is 2.64. The molecule has 0 amide bonds. The largest absolute Gasteiger partial charge is 0.481 e. The van der Waals surface area contributed by atoms with Crippen molar-refractivity contribution in [3.8, 4) is 0 Å². The molecule has 0 spiro atoms. The lowest BCUT2D eigenvalue weighted by atomic mass is 9.82. The Morgan fingerprint density at radius 1 is 1.56 bits per heavy atom. The predicted molar refractivity (Wildman–Crippen MR) is 69.2 cm³/mol. The van der Waals surface area contributed by atoms with Gasteiger partial charge in [0.15, 0.2) is 0 Å². The van der Waals surface area contributed by atoms with Gasteiger partial charge >= 0.3 is 5.97 Å². The zero-order valence-electron chi connectivity index (χ0n) is 11.7. The zero-order chi connectivity index (χ0) is 13.8. The fourth-order valence-corrected chi connectivity index (χ4v) is 2.10. The number of carboxylic acid groups (broad SMARTS) is 1. The van der Waals surface area contributed by atoms with Crippen LogP contribution in [-0.2, 0) is 17.8 Å². The Morgan fingerprint density at radius 3 is 2.72 bits per heavy atom. The summed E-state index contributed by atoms with van der Waals surface area (Å²) >= 11 is 0. The lowest BCUT2D eigenvalue weighted by molar-refractivity contribution is -0.148. The minimum absolute atomic E-state index is 0.433. The van der Waals surface area contributed by atoms with Crippen LogP contribution in [0.4, 0.5) is 0 Å². The first-order valence-electron chi connectivity index (χ1n) is 6.49. The van der Waals surface area contributed by atoms with Crippen molar-refractivity contribution in [2.75, 3.05) is 0 Å². The molecule has 0 aromatic carbocycles. The number of aromatic nitrogens is 3.